The highest BCUT2D eigenvalue weighted by Crippen LogP contribution is 2.32. The van der Waals surface area contributed by atoms with Crippen molar-refractivity contribution in [2.75, 3.05) is 10.0 Å². The van der Waals surface area contributed by atoms with Crippen LogP contribution in [0.2, 0.25) is 0 Å². The Morgan fingerprint density at radius 3 is 2.29 bits per heavy atom. The molecule has 0 spiro atoms. The van der Waals surface area contributed by atoms with Gasteiger partial charge in [-0.05, 0) is 36.4 Å². The highest BCUT2D eigenvalue weighted by molar-refractivity contribution is 7.99. The molecule has 0 radical (unpaired) electrons. The van der Waals surface area contributed by atoms with Crippen molar-refractivity contribution in [1.29, 1.82) is 0 Å². The fourth-order valence-electron chi connectivity index (χ4n) is 1.87. The Morgan fingerprint density at radius 1 is 1.08 bits per heavy atom. The number of benzene rings is 2. The second-order valence-corrected chi connectivity index (χ2v) is 7.40. The minimum atomic E-state index is -3.94. The van der Waals surface area contributed by atoms with E-state index in [1.165, 1.54) is 43.3 Å². The van der Waals surface area contributed by atoms with E-state index in [-0.39, 0.29) is 33.1 Å². The van der Waals surface area contributed by atoms with Crippen LogP contribution >= 0.6 is 11.8 Å². The molecule has 0 aliphatic rings. The number of anilines is 2. The first kappa shape index (κ1) is 18.2. The number of hydrogen-bond acceptors (Lipinski definition) is 4. The third-order valence-corrected chi connectivity index (χ3v) is 5.00. The first-order chi connectivity index (χ1) is 11.3. The number of carbonyl (C=O) groups is 1. The second kappa shape index (κ2) is 7.63. The predicted octanol–water partition coefficient (Wildman–Crippen LogP) is 3.76. The Kier molecular flexibility index (Phi) is 5.79. The zero-order valence-corrected chi connectivity index (χ0v) is 14.1. The van der Waals surface area contributed by atoms with Crippen LogP contribution < -0.4 is 10.0 Å². The maximum Gasteiger partial charge on any atom is 0.288 e. The molecule has 0 aliphatic heterocycles. The van der Waals surface area contributed by atoms with Gasteiger partial charge in [-0.3, -0.25) is 9.52 Å². The van der Waals surface area contributed by atoms with E-state index in [9.17, 15) is 22.0 Å². The van der Waals surface area contributed by atoms with E-state index in [2.05, 4.69) is 10.0 Å². The van der Waals surface area contributed by atoms with E-state index in [0.717, 1.165) is 0 Å². The van der Waals surface area contributed by atoms with Gasteiger partial charge in [0.2, 0.25) is 5.91 Å². The fraction of sp³-hybridized carbons (Fsp3) is 0.133. The number of halogens is 2. The number of amides is 1. The maximum atomic E-state index is 12.6. The lowest BCUT2D eigenvalue weighted by molar-refractivity contribution is -0.114. The number of para-hydroxylation sites is 1. The first-order valence-electron chi connectivity index (χ1n) is 6.72. The maximum absolute atomic E-state index is 12.6. The lowest BCUT2D eigenvalue weighted by Crippen LogP contribution is -2.14. The molecule has 2 aromatic carbocycles. The van der Waals surface area contributed by atoms with Crippen LogP contribution in [0.3, 0.4) is 0 Å². The molecule has 0 aliphatic carbocycles. The van der Waals surface area contributed by atoms with Crippen LogP contribution in [-0.4, -0.2) is 20.1 Å². The van der Waals surface area contributed by atoms with Crippen molar-refractivity contribution >= 4 is 39.1 Å². The Balaban J connectivity index is 2.24. The van der Waals surface area contributed by atoms with E-state index >= 15 is 0 Å². The number of nitrogens with one attached hydrogen (secondary N) is 2. The third kappa shape index (κ3) is 4.93. The molecule has 24 heavy (non-hydrogen) atoms. The molecule has 0 atom stereocenters. The average Bonchev–Trinajstić information content (AvgIpc) is 2.48. The van der Waals surface area contributed by atoms with Gasteiger partial charge in [-0.25, -0.2) is 8.42 Å². The van der Waals surface area contributed by atoms with Crippen molar-refractivity contribution in [1.82, 2.24) is 0 Å². The SMILES string of the molecule is CC(=O)Nc1ccc(S(=O)(=O)Nc2ccccc2SC(F)F)cc1. The monoisotopic (exact) mass is 372 g/mol. The average molecular weight is 372 g/mol. The van der Waals surface area contributed by atoms with Crippen molar-refractivity contribution in [3.63, 3.8) is 0 Å². The summed E-state index contributed by atoms with van der Waals surface area (Å²) in [6, 6.07) is 11.4. The second-order valence-electron chi connectivity index (χ2n) is 4.69. The summed E-state index contributed by atoms with van der Waals surface area (Å²) in [7, 11) is -3.94. The van der Waals surface area contributed by atoms with Gasteiger partial charge < -0.3 is 5.32 Å². The standard InChI is InChI=1S/C15H14F2N2O3S2/c1-10(20)18-11-6-8-12(9-7-11)24(21,22)19-13-4-2-3-5-14(13)23-15(16)17/h2-9,15,19H,1H3,(H,18,20). The summed E-state index contributed by atoms with van der Waals surface area (Å²) >= 11 is 0.262. The fourth-order valence-corrected chi connectivity index (χ4v) is 3.61. The van der Waals surface area contributed by atoms with Gasteiger partial charge in [-0.15, -0.1) is 0 Å². The number of carbonyl (C=O) groups excluding carboxylic acids is 1. The minimum absolute atomic E-state index is 0.0477. The quantitative estimate of drug-likeness (QED) is 0.757. The van der Waals surface area contributed by atoms with E-state index in [1.54, 1.807) is 12.1 Å². The van der Waals surface area contributed by atoms with Gasteiger partial charge in [0, 0.05) is 17.5 Å². The van der Waals surface area contributed by atoms with Crippen molar-refractivity contribution < 1.29 is 22.0 Å². The van der Waals surface area contributed by atoms with E-state index in [4.69, 9.17) is 0 Å². The summed E-state index contributed by atoms with van der Waals surface area (Å²) in [4.78, 5) is 11.0. The van der Waals surface area contributed by atoms with E-state index in [0.29, 0.717) is 5.69 Å². The molecule has 0 saturated heterocycles. The van der Waals surface area contributed by atoms with Crippen molar-refractivity contribution in [2.24, 2.45) is 0 Å². The molecule has 0 heterocycles. The van der Waals surface area contributed by atoms with Crippen LogP contribution in [0.1, 0.15) is 6.92 Å². The van der Waals surface area contributed by atoms with Crippen LogP contribution in [0.15, 0.2) is 58.3 Å². The molecule has 0 saturated carbocycles. The number of thioether (sulfide) groups is 1. The zero-order valence-electron chi connectivity index (χ0n) is 12.5. The van der Waals surface area contributed by atoms with Crippen molar-refractivity contribution in [3.8, 4) is 0 Å². The summed E-state index contributed by atoms with van der Waals surface area (Å²) in [6.07, 6.45) is 0. The van der Waals surface area contributed by atoms with E-state index in [1.807, 2.05) is 0 Å². The van der Waals surface area contributed by atoms with Gasteiger partial charge >= 0.3 is 0 Å². The normalized spacial score (nSPS) is 11.3. The van der Waals surface area contributed by atoms with Gasteiger partial charge in [0.15, 0.2) is 0 Å². The van der Waals surface area contributed by atoms with Gasteiger partial charge in [-0.1, -0.05) is 23.9 Å². The summed E-state index contributed by atoms with van der Waals surface area (Å²) in [5, 5.41) is 2.52. The topological polar surface area (TPSA) is 75.3 Å². The highest BCUT2D eigenvalue weighted by Gasteiger charge is 2.17. The predicted molar refractivity (Wildman–Crippen MR) is 89.9 cm³/mol. The van der Waals surface area contributed by atoms with Crippen molar-refractivity contribution in [3.05, 3.63) is 48.5 Å². The van der Waals surface area contributed by atoms with Crippen LogP contribution in [0.4, 0.5) is 20.2 Å². The molecule has 1 amide bonds. The van der Waals surface area contributed by atoms with Crippen molar-refractivity contribution in [2.45, 2.75) is 22.5 Å². The smallest absolute Gasteiger partial charge is 0.288 e. The van der Waals surface area contributed by atoms with E-state index < -0.39 is 15.8 Å². The molecule has 128 valence electrons. The van der Waals surface area contributed by atoms with Gasteiger partial charge in [0.25, 0.3) is 15.8 Å². The zero-order chi connectivity index (χ0) is 17.7. The summed E-state index contributed by atoms with van der Waals surface area (Å²) < 4.78 is 52.2. The molecular weight excluding hydrogens is 358 g/mol. The molecular formula is C15H14F2N2O3S2. The molecule has 0 unspecified atom stereocenters. The Labute approximate surface area is 142 Å². The lowest BCUT2D eigenvalue weighted by atomic mass is 10.3. The van der Waals surface area contributed by atoms with Gasteiger partial charge in [-0.2, -0.15) is 8.78 Å². The number of sulfonamides is 1. The summed E-state index contributed by atoms with van der Waals surface area (Å²) in [5.41, 5.74) is 0.531. The van der Waals surface area contributed by atoms with Gasteiger partial charge in [0.1, 0.15) is 0 Å². The minimum Gasteiger partial charge on any atom is -0.326 e. The Hall–Kier alpha value is -2.13. The lowest BCUT2D eigenvalue weighted by Gasteiger charge is -2.12. The molecule has 0 bridgehead atoms. The molecule has 2 N–H and O–H groups in total. The molecule has 2 aromatic rings. The molecule has 0 aromatic heterocycles. The van der Waals surface area contributed by atoms with Crippen LogP contribution in [0.25, 0.3) is 0 Å². The highest BCUT2D eigenvalue weighted by atomic mass is 32.2. The number of alkyl halides is 2. The van der Waals surface area contributed by atoms with Crippen LogP contribution in [-0.2, 0) is 14.8 Å². The largest absolute Gasteiger partial charge is 0.326 e. The van der Waals surface area contributed by atoms with Gasteiger partial charge in [0.05, 0.1) is 10.6 Å². The number of rotatable bonds is 6. The molecule has 0 fully saturated rings. The summed E-state index contributed by atoms with van der Waals surface area (Å²) in [5.74, 6) is -2.94. The van der Waals surface area contributed by atoms with Crippen LogP contribution in [0, 0.1) is 0 Å². The molecule has 2 rings (SSSR count). The Morgan fingerprint density at radius 2 is 1.71 bits per heavy atom. The third-order valence-electron chi connectivity index (χ3n) is 2.83. The molecule has 5 nitrogen and oxygen atoms in total. The summed E-state index contributed by atoms with van der Waals surface area (Å²) in [6.45, 7) is 1.34. The van der Waals surface area contributed by atoms with Crippen LogP contribution in [0.5, 0.6) is 0 Å². The first-order valence-corrected chi connectivity index (χ1v) is 9.08. The Bertz CT molecular complexity index is 825. The number of hydrogen-bond donors (Lipinski definition) is 2. The molecule has 9 heteroatoms.